The van der Waals surface area contributed by atoms with Gasteiger partial charge in [0.05, 0.1) is 0 Å². The molecular formula is C11H22NO+. The third-order valence-corrected chi connectivity index (χ3v) is 2.49. The van der Waals surface area contributed by atoms with Crippen molar-refractivity contribution in [2.75, 3.05) is 0 Å². The molecular weight excluding hydrogens is 162 g/mol. The van der Waals surface area contributed by atoms with Crippen LogP contribution < -0.4 is 5.73 Å². The molecule has 0 aromatic heterocycles. The summed E-state index contributed by atoms with van der Waals surface area (Å²) in [5.74, 6) is 0.366. The molecule has 0 amide bonds. The first-order chi connectivity index (χ1) is 5.98. The maximum atomic E-state index is 10.2. The first-order valence-electron chi connectivity index (χ1n) is 4.75. The van der Waals surface area contributed by atoms with Gasteiger partial charge in [0.2, 0.25) is 0 Å². The minimum atomic E-state index is -0.766. The second-order valence-electron chi connectivity index (χ2n) is 3.94. The predicted molar refractivity (Wildman–Crippen MR) is 56.1 cm³/mol. The van der Waals surface area contributed by atoms with Crippen molar-refractivity contribution in [2.24, 2.45) is 5.92 Å². The molecule has 0 aliphatic rings. The van der Waals surface area contributed by atoms with Gasteiger partial charge >= 0.3 is 0 Å². The van der Waals surface area contributed by atoms with Gasteiger partial charge in [-0.3, -0.25) is 0 Å². The Labute approximate surface area is 81.1 Å². The molecule has 0 aromatic rings. The van der Waals surface area contributed by atoms with E-state index < -0.39 is 5.60 Å². The fourth-order valence-corrected chi connectivity index (χ4v) is 1.51. The molecule has 0 bridgehead atoms. The summed E-state index contributed by atoms with van der Waals surface area (Å²) in [4.78, 5) is 0. The van der Waals surface area contributed by atoms with Gasteiger partial charge in [0.15, 0.2) is 0 Å². The van der Waals surface area contributed by atoms with Crippen molar-refractivity contribution in [1.29, 1.82) is 0 Å². The third-order valence-electron chi connectivity index (χ3n) is 2.49. The molecule has 1 unspecified atom stereocenters. The second-order valence-corrected chi connectivity index (χ2v) is 3.94. The van der Waals surface area contributed by atoms with Crippen LogP contribution in [0.3, 0.4) is 0 Å². The van der Waals surface area contributed by atoms with Crippen LogP contribution in [0.1, 0.15) is 26.7 Å². The Morgan fingerprint density at radius 1 is 1.31 bits per heavy atom. The van der Waals surface area contributed by atoms with Crippen LogP contribution in [0.4, 0.5) is 0 Å². The molecule has 2 nitrogen and oxygen atoms in total. The standard InChI is InChI=1S/C11H21NO/c1-5-7-11(13,8-6-2)10(12)9(3)4/h5-6,9-10,13H,1-2,7-8,12H2,3-4H3/p+1. The van der Waals surface area contributed by atoms with Crippen molar-refractivity contribution in [3.8, 4) is 0 Å². The molecule has 0 radical (unpaired) electrons. The number of quaternary nitrogens is 1. The van der Waals surface area contributed by atoms with Gasteiger partial charge in [0, 0.05) is 5.92 Å². The zero-order chi connectivity index (χ0) is 10.5. The van der Waals surface area contributed by atoms with E-state index in [9.17, 15) is 5.11 Å². The summed E-state index contributed by atoms with van der Waals surface area (Å²) in [6.07, 6.45) is 4.63. The quantitative estimate of drug-likeness (QED) is 0.597. The summed E-state index contributed by atoms with van der Waals surface area (Å²) < 4.78 is 0. The van der Waals surface area contributed by atoms with Crippen molar-refractivity contribution in [3.05, 3.63) is 25.3 Å². The van der Waals surface area contributed by atoms with E-state index in [0.29, 0.717) is 18.8 Å². The average molecular weight is 184 g/mol. The van der Waals surface area contributed by atoms with Crippen LogP contribution in [-0.4, -0.2) is 16.7 Å². The normalized spacial score (nSPS) is 14.2. The molecule has 13 heavy (non-hydrogen) atoms. The molecule has 0 aliphatic heterocycles. The predicted octanol–water partition coefficient (Wildman–Crippen LogP) is 1.14. The van der Waals surface area contributed by atoms with Crippen LogP contribution in [0.5, 0.6) is 0 Å². The SMILES string of the molecule is C=CCC(O)(CC=C)C([NH3+])C(C)C. The minimum Gasteiger partial charge on any atom is -0.383 e. The zero-order valence-corrected chi connectivity index (χ0v) is 8.79. The Balaban J connectivity index is 4.54. The van der Waals surface area contributed by atoms with Gasteiger partial charge in [0.25, 0.3) is 0 Å². The van der Waals surface area contributed by atoms with E-state index in [-0.39, 0.29) is 6.04 Å². The Hall–Kier alpha value is -0.600. The number of rotatable bonds is 6. The summed E-state index contributed by atoms with van der Waals surface area (Å²) >= 11 is 0. The van der Waals surface area contributed by atoms with Gasteiger partial charge in [-0.25, -0.2) is 0 Å². The lowest BCUT2D eigenvalue weighted by Gasteiger charge is -2.31. The molecule has 0 fully saturated rings. The van der Waals surface area contributed by atoms with Crippen LogP contribution in [0, 0.1) is 5.92 Å². The highest BCUT2D eigenvalue weighted by Gasteiger charge is 2.36. The van der Waals surface area contributed by atoms with E-state index in [4.69, 9.17) is 0 Å². The van der Waals surface area contributed by atoms with Gasteiger partial charge < -0.3 is 10.8 Å². The van der Waals surface area contributed by atoms with E-state index >= 15 is 0 Å². The van der Waals surface area contributed by atoms with Crippen molar-refractivity contribution >= 4 is 0 Å². The number of hydrogen-bond acceptors (Lipinski definition) is 1. The maximum absolute atomic E-state index is 10.2. The van der Waals surface area contributed by atoms with Crippen LogP contribution in [0.15, 0.2) is 25.3 Å². The Morgan fingerprint density at radius 2 is 1.69 bits per heavy atom. The van der Waals surface area contributed by atoms with Crippen LogP contribution >= 0.6 is 0 Å². The zero-order valence-electron chi connectivity index (χ0n) is 8.79. The van der Waals surface area contributed by atoms with Gasteiger partial charge in [-0.05, 0) is 12.8 Å². The maximum Gasteiger partial charge on any atom is 0.123 e. The van der Waals surface area contributed by atoms with Gasteiger partial charge in [-0.1, -0.05) is 26.0 Å². The van der Waals surface area contributed by atoms with E-state index in [2.05, 4.69) is 32.7 Å². The molecule has 0 rings (SSSR count). The summed E-state index contributed by atoms with van der Waals surface area (Å²) in [6, 6.07) is 0.0171. The number of hydrogen-bond donors (Lipinski definition) is 2. The summed E-state index contributed by atoms with van der Waals surface area (Å²) in [5, 5.41) is 10.2. The highest BCUT2D eigenvalue weighted by atomic mass is 16.3. The molecule has 0 spiro atoms. The topological polar surface area (TPSA) is 47.9 Å². The summed E-state index contributed by atoms with van der Waals surface area (Å²) in [6.45, 7) is 11.4. The monoisotopic (exact) mass is 184 g/mol. The van der Waals surface area contributed by atoms with Crippen LogP contribution in [-0.2, 0) is 0 Å². The molecule has 0 saturated carbocycles. The second kappa shape index (κ2) is 5.20. The third kappa shape index (κ3) is 3.33. The van der Waals surface area contributed by atoms with Gasteiger partial charge in [-0.15, -0.1) is 13.2 Å². The largest absolute Gasteiger partial charge is 0.383 e. The summed E-state index contributed by atoms with van der Waals surface area (Å²) in [5.41, 5.74) is 3.24. The van der Waals surface area contributed by atoms with Crippen molar-refractivity contribution in [1.82, 2.24) is 0 Å². The molecule has 1 atom stereocenters. The molecule has 2 heteroatoms. The van der Waals surface area contributed by atoms with Crippen molar-refractivity contribution in [2.45, 2.75) is 38.3 Å². The van der Waals surface area contributed by atoms with Crippen molar-refractivity contribution < 1.29 is 10.8 Å². The lowest BCUT2D eigenvalue weighted by molar-refractivity contribution is -0.464. The Bertz CT molecular complexity index is 165. The van der Waals surface area contributed by atoms with Crippen molar-refractivity contribution in [3.63, 3.8) is 0 Å². The fourth-order valence-electron chi connectivity index (χ4n) is 1.51. The molecule has 0 saturated heterocycles. The molecule has 76 valence electrons. The average Bonchev–Trinajstić information content (AvgIpc) is 2.03. The molecule has 0 heterocycles. The van der Waals surface area contributed by atoms with Crippen LogP contribution in [0.25, 0.3) is 0 Å². The smallest absolute Gasteiger partial charge is 0.123 e. The van der Waals surface area contributed by atoms with E-state index in [1.54, 1.807) is 12.2 Å². The van der Waals surface area contributed by atoms with Gasteiger partial charge in [0.1, 0.15) is 11.6 Å². The summed E-state index contributed by atoms with van der Waals surface area (Å²) in [7, 11) is 0. The van der Waals surface area contributed by atoms with E-state index in [1.807, 2.05) is 0 Å². The highest BCUT2D eigenvalue weighted by Crippen LogP contribution is 2.23. The first-order valence-corrected chi connectivity index (χ1v) is 4.75. The van der Waals surface area contributed by atoms with Crippen LogP contribution in [0.2, 0.25) is 0 Å². The first kappa shape index (κ1) is 12.4. The lowest BCUT2D eigenvalue weighted by atomic mass is 9.82. The molecule has 0 aromatic carbocycles. The lowest BCUT2D eigenvalue weighted by Crippen LogP contribution is -2.73. The fraction of sp³-hybridized carbons (Fsp3) is 0.636. The number of aliphatic hydroxyl groups is 1. The Morgan fingerprint density at radius 3 is 1.92 bits per heavy atom. The van der Waals surface area contributed by atoms with Gasteiger partial charge in [-0.2, -0.15) is 0 Å². The minimum absolute atomic E-state index is 0.0171. The molecule has 4 N–H and O–H groups in total. The highest BCUT2D eigenvalue weighted by molar-refractivity contribution is 4.97. The Kier molecular flexibility index (Phi) is 4.96. The van der Waals surface area contributed by atoms with E-state index in [1.165, 1.54) is 0 Å². The van der Waals surface area contributed by atoms with E-state index in [0.717, 1.165) is 0 Å². The molecule has 0 aliphatic carbocycles.